The zero-order valence-corrected chi connectivity index (χ0v) is 15.4. The highest BCUT2D eigenvalue weighted by Gasteiger charge is 2.13. The van der Waals surface area contributed by atoms with Gasteiger partial charge < -0.3 is 10.2 Å². The van der Waals surface area contributed by atoms with Gasteiger partial charge in [-0.25, -0.2) is 4.98 Å². The molecule has 6 nitrogen and oxygen atoms in total. The molecule has 0 saturated carbocycles. The summed E-state index contributed by atoms with van der Waals surface area (Å²) in [6.07, 6.45) is 6.00. The van der Waals surface area contributed by atoms with Crippen molar-refractivity contribution in [2.45, 2.75) is 18.1 Å². The molecule has 2 aromatic rings. The van der Waals surface area contributed by atoms with E-state index < -0.39 is 0 Å². The van der Waals surface area contributed by atoms with Crippen molar-refractivity contribution in [3.05, 3.63) is 34.6 Å². The molecular weight excluding hydrogens is 336 g/mol. The first-order valence-corrected chi connectivity index (χ1v) is 9.13. The standard InChI is InChI=1S/C18H22N4O2S/c1-4-10-19-16(23)13-25-18-20-15-9-6-5-8-14(15)17(24)22(18)12-7-11-21(2)3/h1,5-6,8-9H,7,10-13H2,2-3H3,(H,19,23)/p+1. The molecule has 0 aliphatic heterocycles. The average Bonchev–Trinajstić information content (AvgIpc) is 2.60. The largest absolute Gasteiger partial charge is 0.344 e. The highest BCUT2D eigenvalue weighted by Crippen LogP contribution is 2.17. The predicted octanol–water partition coefficient (Wildman–Crippen LogP) is -0.227. The van der Waals surface area contributed by atoms with Gasteiger partial charge in [-0.3, -0.25) is 14.2 Å². The van der Waals surface area contributed by atoms with Crippen LogP contribution in [0.25, 0.3) is 10.9 Å². The Balaban J connectivity index is 2.27. The summed E-state index contributed by atoms with van der Waals surface area (Å²) in [6, 6.07) is 7.28. The van der Waals surface area contributed by atoms with Gasteiger partial charge in [-0.15, -0.1) is 6.42 Å². The Labute approximate surface area is 151 Å². The Morgan fingerprint density at radius 3 is 2.88 bits per heavy atom. The maximum absolute atomic E-state index is 12.8. The number of hydrogen-bond donors (Lipinski definition) is 2. The molecule has 0 atom stereocenters. The van der Waals surface area contributed by atoms with Crippen molar-refractivity contribution in [1.29, 1.82) is 0 Å². The summed E-state index contributed by atoms with van der Waals surface area (Å²) in [5.41, 5.74) is 0.583. The van der Waals surface area contributed by atoms with Crippen molar-refractivity contribution in [1.82, 2.24) is 14.9 Å². The number of fused-ring (bicyclic) bond motifs is 1. The summed E-state index contributed by atoms with van der Waals surface area (Å²) in [5, 5.41) is 3.78. The van der Waals surface area contributed by atoms with Gasteiger partial charge in [0.2, 0.25) is 5.91 Å². The molecule has 1 heterocycles. The van der Waals surface area contributed by atoms with E-state index >= 15 is 0 Å². The fraction of sp³-hybridized carbons (Fsp3) is 0.389. The van der Waals surface area contributed by atoms with E-state index in [1.54, 1.807) is 10.6 Å². The summed E-state index contributed by atoms with van der Waals surface area (Å²) in [7, 11) is 4.15. The van der Waals surface area contributed by atoms with Crippen molar-refractivity contribution in [2.75, 3.05) is 32.9 Å². The van der Waals surface area contributed by atoms with Gasteiger partial charge in [0.15, 0.2) is 5.16 Å². The maximum Gasteiger partial charge on any atom is 0.262 e. The van der Waals surface area contributed by atoms with Crippen LogP contribution in [0.2, 0.25) is 0 Å². The van der Waals surface area contributed by atoms with E-state index in [4.69, 9.17) is 6.42 Å². The summed E-state index contributed by atoms with van der Waals surface area (Å²) in [4.78, 5) is 30.5. The van der Waals surface area contributed by atoms with Gasteiger partial charge >= 0.3 is 0 Å². The fourth-order valence-electron chi connectivity index (χ4n) is 2.38. The van der Waals surface area contributed by atoms with Gasteiger partial charge in [-0.2, -0.15) is 0 Å². The van der Waals surface area contributed by atoms with Crippen molar-refractivity contribution in [3.63, 3.8) is 0 Å². The molecule has 132 valence electrons. The molecule has 1 aromatic carbocycles. The summed E-state index contributed by atoms with van der Waals surface area (Å²) in [6.45, 7) is 1.73. The SMILES string of the molecule is C#CCNC(=O)CSc1nc2ccccc2c(=O)n1CCC[NH+](C)C. The Kier molecular flexibility index (Phi) is 7.04. The highest BCUT2D eigenvalue weighted by atomic mass is 32.2. The van der Waals surface area contributed by atoms with Crippen LogP contribution in [0.1, 0.15) is 6.42 Å². The lowest BCUT2D eigenvalue weighted by Crippen LogP contribution is -3.05. The number of nitrogens with zero attached hydrogens (tertiary/aromatic N) is 2. The number of hydrogen-bond acceptors (Lipinski definition) is 4. The van der Waals surface area contributed by atoms with Crippen LogP contribution in [-0.4, -0.2) is 48.4 Å². The first kappa shape index (κ1) is 19.0. The molecule has 0 saturated heterocycles. The number of rotatable bonds is 8. The van der Waals surface area contributed by atoms with E-state index in [-0.39, 0.29) is 23.8 Å². The van der Waals surface area contributed by atoms with Gasteiger partial charge in [0.1, 0.15) is 0 Å². The van der Waals surface area contributed by atoms with Crippen molar-refractivity contribution >= 4 is 28.6 Å². The second-order valence-electron chi connectivity index (χ2n) is 5.95. The number of quaternary nitrogens is 1. The number of nitrogens with one attached hydrogen (secondary N) is 2. The molecule has 2 rings (SSSR count). The normalized spacial score (nSPS) is 10.8. The van der Waals surface area contributed by atoms with Crippen LogP contribution in [0.4, 0.5) is 0 Å². The molecule has 0 aliphatic carbocycles. The molecule has 25 heavy (non-hydrogen) atoms. The van der Waals surface area contributed by atoms with E-state index in [0.717, 1.165) is 13.0 Å². The van der Waals surface area contributed by atoms with Crippen molar-refractivity contribution in [3.8, 4) is 12.3 Å². The molecule has 0 fully saturated rings. The van der Waals surface area contributed by atoms with Gasteiger partial charge in [-0.05, 0) is 12.1 Å². The Morgan fingerprint density at radius 2 is 2.16 bits per heavy atom. The highest BCUT2D eigenvalue weighted by molar-refractivity contribution is 7.99. The number of amides is 1. The average molecular weight is 359 g/mol. The lowest BCUT2D eigenvalue weighted by atomic mass is 10.2. The summed E-state index contributed by atoms with van der Waals surface area (Å²) < 4.78 is 1.67. The zero-order valence-electron chi connectivity index (χ0n) is 14.5. The zero-order chi connectivity index (χ0) is 18.2. The number of terminal acetylenes is 1. The van der Waals surface area contributed by atoms with Gasteiger partial charge in [-0.1, -0.05) is 29.8 Å². The van der Waals surface area contributed by atoms with Crippen LogP contribution in [0.5, 0.6) is 0 Å². The molecule has 1 amide bonds. The van der Waals surface area contributed by atoms with Crippen LogP contribution in [-0.2, 0) is 11.3 Å². The minimum atomic E-state index is -0.172. The Morgan fingerprint density at radius 1 is 1.40 bits per heavy atom. The van der Waals surface area contributed by atoms with E-state index in [2.05, 4.69) is 30.3 Å². The quantitative estimate of drug-likeness (QED) is 0.388. The van der Waals surface area contributed by atoms with Crippen LogP contribution >= 0.6 is 11.8 Å². The Hall–Kier alpha value is -2.30. The minimum Gasteiger partial charge on any atom is -0.344 e. The van der Waals surface area contributed by atoms with Gasteiger partial charge in [0.05, 0.1) is 43.8 Å². The van der Waals surface area contributed by atoms with E-state index in [1.165, 1.54) is 16.7 Å². The summed E-state index contributed by atoms with van der Waals surface area (Å²) in [5.74, 6) is 2.37. The third-order valence-electron chi connectivity index (χ3n) is 3.61. The molecule has 0 unspecified atom stereocenters. The molecule has 2 N–H and O–H groups in total. The molecule has 0 aliphatic rings. The van der Waals surface area contributed by atoms with E-state index in [9.17, 15) is 9.59 Å². The van der Waals surface area contributed by atoms with E-state index in [1.807, 2.05) is 18.2 Å². The number of benzene rings is 1. The van der Waals surface area contributed by atoms with E-state index in [0.29, 0.717) is 22.6 Å². The van der Waals surface area contributed by atoms with Crippen molar-refractivity contribution in [2.24, 2.45) is 0 Å². The predicted molar refractivity (Wildman–Crippen MR) is 101 cm³/mol. The smallest absolute Gasteiger partial charge is 0.262 e. The van der Waals surface area contributed by atoms with Gasteiger partial charge in [0, 0.05) is 13.0 Å². The third kappa shape index (κ3) is 5.34. The maximum atomic E-state index is 12.8. The number of carbonyl (C=O) groups excluding carboxylic acids is 1. The minimum absolute atomic E-state index is 0.0640. The number of thioether (sulfide) groups is 1. The lowest BCUT2D eigenvalue weighted by molar-refractivity contribution is -0.858. The fourth-order valence-corrected chi connectivity index (χ4v) is 3.23. The first-order chi connectivity index (χ1) is 12.0. The van der Waals surface area contributed by atoms with Crippen LogP contribution in [0.3, 0.4) is 0 Å². The third-order valence-corrected chi connectivity index (χ3v) is 4.58. The molecule has 0 bridgehead atoms. The Bertz CT molecular complexity index is 839. The number of carbonyl (C=O) groups is 1. The second-order valence-corrected chi connectivity index (χ2v) is 6.89. The summed E-state index contributed by atoms with van der Waals surface area (Å²) >= 11 is 1.26. The monoisotopic (exact) mass is 359 g/mol. The molecule has 0 radical (unpaired) electrons. The number of aromatic nitrogens is 2. The molecule has 0 spiro atoms. The number of para-hydroxylation sites is 1. The molecule has 7 heteroatoms. The van der Waals surface area contributed by atoms with Crippen LogP contribution < -0.4 is 15.8 Å². The molecule has 1 aromatic heterocycles. The second kappa shape index (κ2) is 9.25. The van der Waals surface area contributed by atoms with Crippen molar-refractivity contribution < 1.29 is 9.69 Å². The van der Waals surface area contributed by atoms with Gasteiger partial charge in [0.25, 0.3) is 5.56 Å². The van der Waals surface area contributed by atoms with Crippen LogP contribution in [0.15, 0.2) is 34.2 Å². The topological polar surface area (TPSA) is 68.4 Å². The van der Waals surface area contributed by atoms with Crippen LogP contribution in [0, 0.1) is 12.3 Å². The first-order valence-electron chi connectivity index (χ1n) is 8.14. The lowest BCUT2D eigenvalue weighted by Gasteiger charge is -2.13. The molecular formula is C18H23N4O2S+.